The van der Waals surface area contributed by atoms with Crippen molar-refractivity contribution in [2.75, 3.05) is 10.6 Å². The summed E-state index contributed by atoms with van der Waals surface area (Å²) in [6.45, 7) is 7.44. The number of benzene rings is 2. The predicted molar refractivity (Wildman–Crippen MR) is 105 cm³/mol. The maximum Gasteiger partial charge on any atom is 0.237 e. The molecule has 0 saturated carbocycles. The van der Waals surface area contributed by atoms with Crippen molar-refractivity contribution in [2.24, 2.45) is 0 Å². The summed E-state index contributed by atoms with van der Waals surface area (Å²) in [5.74, 6) is -0.140. The van der Waals surface area contributed by atoms with Gasteiger partial charge in [0.2, 0.25) is 11.8 Å². The van der Waals surface area contributed by atoms with Gasteiger partial charge in [-0.15, -0.1) is 11.8 Å². The lowest BCUT2D eigenvalue weighted by molar-refractivity contribution is -0.115. The lowest BCUT2D eigenvalue weighted by Gasteiger charge is -2.16. The number of nitrogens with one attached hydrogen (secondary N) is 2. The zero-order chi connectivity index (χ0) is 18.4. The van der Waals surface area contributed by atoms with E-state index in [-0.39, 0.29) is 17.1 Å². The monoisotopic (exact) mass is 356 g/mol. The molecule has 0 heterocycles. The van der Waals surface area contributed by atoms with Crippen molar-refractivity contribution >= 4 is 35.0 Å². The van der Waals surface area contributed by atoms with Crippen LogP contribution in [0.5, 0.6) is 0 Å². The molecule has 4 nitrogen and oxygen atoms in total. The van der Waals surface area contributed by atoms with Gasteiger partial charge in [-0.1, -0.05) is 31.2 Å². The average Bonchev–Trinajstić information content (AvgIpc) is 2.56. The van der Waals surface area contributed by atoms with Crippen molar-refractivity contribution < 1.29 is 9.59 Å². The summed E-state index contributed by atoms with van der Waals surface area (Å²) < 4.78 is 0. The Balaban J connectivity index is 2.07. The Kier molecular flexibility index (Phi) is 6.65. The van der Waals surface area contributed by atoms with Crippen LogP contribution >= 0.6 is 11.8 Å². The second kappa shape index (κ2) is 8.72. The van der Waals surface area contributed by atoms with E-state index < -0.39 is 0 Å². The van der Waals surface area contributed by atoms with Crippen LogP contribution in [0.2, 0.25) is 0 Å². The number of rotatable bonds is 6. The van der Waals surface area contributed by atoms with E-state index in [4.69, 9.17) is 0 Å². The van der Waals surface area contributed by atoms with Crippen LogP contribution in [0, 0.1) is 6.92 Å². The number of hydrogen-bond donors (Lipinski definition) is 2. The van der Waals surface area contributed by atoms with Gasteiger partial charge >= 0.3 is 0 Å². The number of para-hydroxylation sites is 1. The Morgan fingerprint density at radius 2 is 1.84 bits per heavy atom. The molecule has 2 aromatic rings. The topological polar surface area (TPSA) is 58.2 Å². The highest BCUT2D eigenvalue weighted by Crippen LogP contribution is 2.28. The van der Waals surface area contributed by atoms with Crippen LogP contribution in [0.15, 0.2) is 47.4 Å². The van der Waals surface area contributed by atoms with Crippen LogP contribution < -0.4 is 10.6 Å². The maximum absolute atomic E-state index is 12.6. The molecular formula is C20H24N2O2S. The Labute approximate surface area is 153 Å². The van der Waals surface area contributed by atoms with E-state index in [0.29, 0.717) is 0 Å². The van der Waals surface area contributed by atoms with Gasteiger partial charge in [0.1, 0.15) is 0 Å². The first-order chi connectivity index (χ1) is 11.9. The van der Waals surface area contributed by atoms with Crippen molar-refractivity contribution in [3.63, 3.8) is 0 Å². The van der Waals surface area contributed by atoms with Crippen LogP contribution in [-0.2, 0) is 16.0 Å². The zero-order valence-corrected chi connectivity index (χ0v) is 15.9. The van der Waals surface area contributed by atoms with E-state index in [9.17, 15) is 9.59 Å². The standard InChI is InChI=1S/C20H24N2O2S/c1-5-16-9-6-8-13(2)19(16)22-20(24)14(3)25-18-11-7-10-17(12-18)21-15(4)23/h6-12,14H,5H2,1-4H3,(H,21,23)(H,22,24). The van der Waals surface area contributed by atoms with Gasteiger partial charge in [0.25, 0.3) is 0 Å². The molecule has 2 aromatic carbocycles. The molecule has 0 aliphatic rings. The molecule has 2 rings (SSSR count). The lowest BCUT2D eigenvalue weighted by Crippen LogP contribution is -2.23. The molecule has 0 spiro atoms. The highest BCUT2D eigenvalue weighted by atomic mass is 32.2. The molecule has 0 saturated heterocycles. The summed E-state index contributed by atoms with van der Waals surface area (Å²) in [6.07, 6.45) is 0.873. The summed E-state index contributed by atoms with van der Waals surface area (Å²) in [7, 11) is 0. The van der Waals surface area contributed by atoms with Gasteiger partial charge in [-0.3, -0.25) is 9.59 Å². The molecule has 1 atom stereocenters. The van der Waals surface area contributed by atoms with Crippen LogP contribution in [-0.4, -0.2) is 17.1 Å². The number of amides is 2. The fourth-order valence-electron chi connectivity index (χ4n) is 2.53. The molecule has 0 radical (unpaired) electrons. The number of hydrogen-bond acceptors (Lipinski definition) is 3. The molecule has 0 aromatic heterocycles. The highest BCUT2D eigenvalue weighted by Gasteiger charge is 2.17. The average molecular weight is 356 g/mol. The Hall–Kier alpha value is -2.27. The first-order valence-electron chi connectivity index (χ1n) is 8.34. The van der Waals surface area contributed by atoms with Crippen molar-refractivity contribution in [2.45, 2.75) is 44.3 Å². The van der Waals surface area contributed by atoms with Crippen LogP contribution in [0.4, 0.5) is 11.4 Å². The molecule has 132 valence electrons. The number of anilines is 2. The van der Waals surface area contributed by atoms with Gasteiger partial charge in [-0.25, -0.2) is 0 Å². The number of thioether (sulfide) groups is 1. The van der Waals surface area contributed by atoms with E-state index in [1.807, 2.05) is 56.3 Å². The smallest absolute Gasteiger partial charge is 0.237 e. The van der Waals surface area contributed by atoms with Gasteiger partial charge < -0.3 is 10.6 Å². The van der Waals surface area contributed by atoms with E-state index in [1.165, 1.54) is 18.7 Å². The minimum Gasteiger partial charge on any atom is -0.326 e. The summed E-state index contributed by atoms with van der Waals surface area (Å²) >= 11 is 1.47. The molecule has 0 fully saturated rings. The molecule has 2 N–H and O–H groups in total. The molecule has 0 bridgehead atoms. The molecule has 1 unspecified atom stereocenters. The fraction of sp³-hybridized carbons (Fsp3) is 0.300. The summed E-state index contributed by atoms with van der Waals surface area (Å²) in [5.41, 5.74) is 3.85. The quantitative estimate of drug-likeness (QED) is 0.742. The van der Waals surface area contributed by atoms with Crippen LogP contribution in [0.1, 0.15) is 31.9 Å². The third-order valence-electron chi connectivity index (χ3n) is 3.82. The van der Waals surface area contributed by atoms with E-state index in [2.05, 4.69) is 17.6 Å². The summed E-state index contributed by atoms with van der Waals surface area (Å²) in [4.78, 5) is 24.7. The van der Waals surface area contributed by atoms with Crippen molar-refractivity contribution in [1.29, 1.82) is 0 Å². The molecular weight excluding hydrogens is 332 g/mol. The number of carbonyl (C=O) groups excluding carboxylic acids is 2. The fourth-order valence-corrected chi connectivity index (χ4v) is 3.46. The molecule has 2 amide bonds. The lowest BCUT2D eigenvalue weighted by atomic mass is 10.1. The van der Waals surface area contributed by atoms with Gasteiger partial charge in [-0.2, -0.15) is 0 Å². The predicted octanol–water partition coefficient (Wildman–Crippen LogP) is 4.64. The minimum atomic E-state index is -0.253. The molecule has 5 heteroatoms. The third-order valence-corrected chi connectivity index (χ3v) is 4.92. The Morgan fingerprint density at radius 3 is 2.52 bits per heavy atom. The minimum absolute atomic E-state index is 0.0288. The number of aryl methyl sites for hydroxylation is 2. The van der Waals surface area contributed by atoms with E-state index in [0.717, 1.165) is 33.8 Å². The van der Waals surface area contributed by atoms with Crippen molar-refractivity contribution in [1.82, 2.24) is 0 Å². The molecule has 0 aliphatic carbocycles. The first kappa shape index (κ1) is 19.1. The first-order valence-corrected chi connectivity index (χ1v) is 9.22. The summed E-state index contributed by atoms with van der Waals surface area (Å²) in [5, 5.41) is 5.57. The second-order valence-electron chi connectivity index (χ2n) is 5.92. The largest absolute Gasteiger partial charge is 0.326 e. The van der Waals surface area contributed by atoms with Crippen molar-refractivity contribution in [3.05, 3.63) is 53.6 Å². The highest BCUT2D eigenvalue weighted by molar-refractivity contribution is 8.00. The summed E-state index contributed by atoms with van der Waals surface area (Å²) in [6, 6.07) is 13.6. The SMILES string of the molecule is CCc1cccc(C)c1NC(=O)C(C)Sc1cccc(NC(C)=O)c1. The Morgan fingerprint density at radius 1 is 1.12 bits per heavy atom. The Bertz CT molecular complexity index is 774. The van der Waals surface area contributed by atoms with Gasteiger partial charge in [0.05, 0.1) is 5.25 Å². The zero-order valence-electron chi connectivity index (χ0n) is 15.1. The van der Waals surface area contributed by atoms with Gasteiger partial charge in [0, 0.05) is 23.2 Å². The van der Waals surface area contributed by atoms with Crippen LogP contribution in [0.3, 0.4) is 0 Å². The van der Waals surface area contributed by atoms with Gasteiger partial charge in [-0.05, 0) is 49.6 Å². The van der Waals surface area contributed by atoms with E-state index >= 15 is 0 Å². The molecule has 0 aliphatic heterocycles. The normalized spacial score (nSPS) is 11.7. The van der Waals surface area contributed by atoms with E-state index in [1.54, 1.807) is 0 Å². The molecule has 25 heavy (non-hydrogen) atoms. The van der Waals surface area contributed by atoms with Crippen molar-refractivity contribution in [3.8, 4) is 0 Å². The third kappa shape index (κ3) is 5.36. The number of carbonyl (C=O) groups is 2. The second-order valence-corrected chi connectivity index (χ2v) is 7.34. The maximum atomic E-state index is 12.6. The van der Waals surface area contributed by atoms with Crippen LogP contribution in [0.25, 0.3) is 0 Å². The van der Waals surface area contributed by atoms with Gasteiger partial charge in [0.15, 0.2) is 0 Å².